The van der Waals surface area contributed by atoms with Gasteiger partial charge in [-0.05, 0) is 52.0 Å². The van der Waals surface area contributed by atoms with Gasteiger partial charge in [-0.15, -0.1) is 11.8 Å². The van der Waals surface area contributed by atoms with Crippen LogP contribution >= 0.6 is 27.7 Å². The molecule has 0 saturated heterocycles. The van der Waals surface area contributed by atoms with Crippen LogP contribution in [0, 0.1) is 0 Å². The van der Waals surface area contributed by atoms with Crippen molar-refractivity contribution in [3.63, 3.8) is 0 Å². The molecule has 0 heterocycles. The lowest BCUT2D eigenvalue weighted by atomic mass is 10.1. The van der Waals surface area contributed by atoms with Gasteiger partial charge in [0.2, 0.25) is 0 Å². The summed E-state index contributed by atoms with van der Waals surface area (Å²) in [6, 6.07) is 16.8. The summed E-state index contributed by atoms with van der Waals surface area (Å²) >= 11 is 5.52. The maximum atomic E-state index is 5.75. The molecule has 0 bridgehead atoms. The lowest BCUT2D eigenvalue weighted by Gasteiger charge is -2.05. The van der Waals surface area contributed by atoms with Crippen LogP contribution in [-0.4, -0.2) is 5.25 Å². The Hall–Kier alpha value is -0.930. The number of nitrogen functional groups attached to an aromatic ring is 1. The molecule has 1 fully saturated rings. The Balaban J connectivity index is 1.69. The van der Waals surface area contributed by atoms with Crippen LogP contribution in [0.1, 0.15) is 17.9 Å². The van der Waals surface area contributed by atoms with E-state index in [-0.39, 0.29) is 0 Å². The first-order valence-electron chi connectivity index (χ1n) is 6.00. The van der Waals surface area contributed by atoms with Gasteiger partial charge in [-0.2, -0.15) is 0 Å². The number of rotatable bonds is 3. The minimum Gasteiger partial charge on any atom is -0.399 e. The van der Waals surface area contributed by atoms with Gasteiger partial charge in [0, 0.05) is 20.3 Å². The summed E-state index contributed by atoms with van der Waals surface area (Å²) in [6.45, 7) is 0. The molecule has 1 nitrogen and oxygen atoms in total. The van der Waals surface area contributed by atoms with E-state index in [1.165, 1.54) is 16.9 Å². The molecule has 2 aromatic carbocycles. The Bertz CT molecular complexity index is 556. The zero-order chi connectivity index (χ0) is 12.5. The van der Waals surface area contributed by atoms with Gasteiger partial charge in [-0.3, -0.25) is 0 Å². The lowest BCUT2D eigenvalue weighted by Crippen LogP contribution is -1.87. The van der Waals surface area contributed by atoms with Crippen LogP contribution < -0.4 is 5.73 Å². The highest BCUT2D eigenvalue weighted by Crippen LogP contribution is 2.52. The third kappa shape index (κ3) is 2.57. The molecule has 0 aliphatic heterocycles. The van der Waals surface area contributed by atoms with Gasteiger partial charge in [0.25, 0.3) is 0 Å². The Morgan fingerprint density at radius 2 is 1.89 bits per heavy atom. The Labute approximate surface area is 120 Å². The molecule has 0 spiro atoms. The number of anilines is 1. The minimum absolute atomic E-state index is 0.701. The van der Waals surface area contributed by atoms with Crippen LogP contribution in [0.5, 0.6) is 0 Å². The van der Waals surface area contributed by atoms with Gasteiger partial charge in [-0.25, -0.2) is 0 Å². The van der Waals surface area contributed by atoms with Crippen molar-refractivity contribution in [2.45, 2.75) is 22.5 Å². The van der Waals surface area contributed by atoms with E-state index in [9.17, 15) is 0 Å². The zero-order valence-corrected chi connectivity index (χ0v) is 12.2. The Morgan fingerprint density at radius 1 is 1.11 bits per heavy atom. The van der Waals surface area contributed by atoms with E-state index in [1.54, 1.807) is 0 Å². The van der Waals surface area contributed by atoms with Gasteiger partial charge in [-0.1, -0.05) is 30.3 Å². The van der Waals surface area contributed by atoms with Crippen molar-refractivity contribution in [2.75, 3.05) is 5.73 Å². The van der Waals surface area contributed by atoms with Gasteiger partial charge in [0.15, 0.2) is 0 Å². The first-order chi connectivity index (χ1) is 8.74. The van der Waals surface area contributed by atoms with Crippen LogP contribution in [0.15, 0.2) is 57.9 Å². The van der Waals surface area contributed by atoms with E-state index in [1.807, 2.05) is 23.9 Å². The smallest absolute Gasteiger partial charge is 0.0331 e. The van der Waals surface area contributed by atoms with Crippen molar-refractivity contribution in [2.24, 2.45) is 0 Å². The Kier molecular flexibility index (Phi) is 3.35. The fourth-order valence-electron chi connectivity index (χ4n) is 2.13. The van der Waals surface area contributed by atoms with Gasteiger partial charge < -0.3 is 5.73 Å². The second kappa shape index (κ2) is 4.98. The summed E-state index contributed by atoms with van der Waals surface area (Å²) in [5, 5.41) is 0.701. The van der Waals surface area contributed by atoms with Crippen LogP contribution in [0.4, 0.5) is 5.69 Å². The summed E-state index contributed by atoms with van der Waals surface area (Å²) in [4.78, 5) is 1.28. The number of nitrogens with two attached hydrogens (primary N) is 1. The molecule has 2 N–H and O–H groups in total. The summed E-state index contributed by atoms with van der Waals surface area (Å²) in [7, 11) is 0. The predicted octanol–water partition coefficient (Wildman–Crippen LogP) is 4.68. The first-order valence-corrected chi connectivity index (χ1v) is 7.68. The summed E-state index contributed by atoms with van der Waals surface area (Å²) in [5.74, 6) is 0.709. The molecular weight excluding hydrogens is 306 g/mol. The molecule has 0 radical (unpaired) electrons. The van der Waals surface area contributed by atoms with Crippen LogP contribution in [0.2, 0.25) is 0 Å². The van der Waals surface area contributed by atoms with Crippen LogP contribution in [0.25, 0.3) is 0 Å². The van der Waals surface area contributed by atoms with Gasteiger partial charge in [0.05, 0.1) is 0 Å². The molecule has 0 aromatic heterocycles. The molecule has 92 valence electrons. The monoisotopic (exact) mass is 319 g/mol. The second-order valence-corrected chi connectivity index (χ2v) is 6.73. The SMILES string of the molecule is Nc1ccc(SC2CC2c2ccccc2)c(Br)c1. The van der Waals surface area contributed by atoms with Crippen LogP contribution in [-0.2, 0) is 0 Å². The molecule has 3 heteroatoms. The molecule has 1 aliphatic carbocycles. The third-order valence-electron chi connectivity index (χ3n) is 3.19. The lowest BCUT2D eigenvalue weighted by molar-refractivity contribution is 1.13. The van der Waals surface area contributed by atoms with Crippen LogP contribution in [0.3, 0.4) is 0 Å². The van der Waals surface area contributed by atoms with Crippen molar-refractivity contribution >= 4 is 33.4 Å². The number of halogens is 1. The van der Waals surface area contributed by atoms with Crippen molar-refractivity contribution in [3.05, 3.63) is 58.6 Å². The Morgan fingerprint density at radius 3 is 2.61 bits per heavy atom. The topological polar surface area (TPSA) is 26.0 Å². The van der Waals surface area contributed by atoms with Crippen molar-refractivity contribution in [1.82, 2.24) is 0 Å². The summed E-state index contributed by atoms with van der Waals surface area (Å²) in [5.41, 5.74) is 8.02. The highest BCUT2D eigenvalue weighted by atomic mass is 79.9. The molecule has 3 rings (SSSR count). The van der Waals surface area contributed by atoms with Gasteiger partial charge >= 0.3 is 0 Å². The standard InChI is InChI=1S/C15H14BrNS/c16-13-8-11(17)6-7-14(13)18-15-9-12(15)10-4-2-1-3-5-10/h1-8,12,15H,9,17H2. The highest BCUT2D eigenvalue weighted by Gasteiger charge is 2.39. The van der Waals surface area contributed by atoms with E-state index >= 15 is 0 Å². The second-order valence-electron chi connectivity index (χ2n) is 4.60. The number of hydrogen-bond acceptors (Lipinski definition) is 2. The summed E-state index contributed by atoms with van der Waals surface area (Å²) < 4.78 is 1.10. The zero-order valence-electron chi connectivity index (χ0n) is 9.84. The fourth-order valence-corrected chi connectivity index (χ4v) is 4.07. The average Bonchev–Trinajstić information content (AvgIpc) is 3.13. The number of hydrogen-bond donors (Lipinski definition) is 1. The van der Waals surface area contributed by atoms with E-state index in [0.29, 0.717) is 11.2 Å². The molecule has 1 aliphatic rings. The molecule has 1 saturated carbocycles. The maximum Gasteiger partial charge on any atom is 0.0331 e. The maximum absolute atomic E-state index is 5.75. The first kappa shape index (κ1) is 12.1. The fraction of sp³-hybridized carbons (Fsp3) is 0.200. The quantitative estimate of drug-likeness (QED) is 0.831. The normalized spacial score (nSPS) is 21.8. The average molecular weight is 320 g/mol. The van der Waals surface area contributed by atoms with E-state index in [0.717, 1.165) is 10.2 Å². The molecule has 18 heavy (non-hydrogen) atoms. The molecule has 2 aromatic rings. The van der Waals surface area contributed by atoms with E-state index < -0.39 is 0 Å². The van der Waals surface area contributed by atoms with Crippen molar-refractivity contribution < 1.29 is 0 Å². The van der Waals surface area contributed by atoms with E-state index in [4.69, 9.17) is 5.73 Å². The highest BCUT2D eigenvalue weighted by molar-refractivity contribution is 9.10. The van der Waals surface area contributed by atoms with Crippen molar-refractivity contribution in [1.29, 1.82) is 0 Å². The molecule has 2 atom stereocenters. The molecule has 0 amide bonds. The molecular formula is C15H14BrNS. The van der Waals surface area contributed by atoms with Gasteiger partial charge in [0.1, 0.15) is 0 Å². The van der Waals surface area contributed by atoms with Crippen molar-refractivity contribution in [3.8, 4) is 0 Å². The minimum atomic E-state index is 0.701. The predicted molar refractivity (Wildman–Crippen MR) is 82.0 cm³/mol. The largest absolute Gasteiger partial charge is 0.399 e. The summed E-state index contributed by atoms with van der Waals surface area (Å²) in [6.07, 6.45) is 1.27. The van der Waals surface area contributed by atoms with E-state index in [2.05, 4.69) is 52.3 Å². The third-order valence-corrected chi connectivity index (χ3v) is 5.55. The molecule has 2 unspecified atom stereocenters. The number of benzene rings is 2. The number of thioether (sulfide) groups is 1.